The zero-order chi connectivity index (χ0) is 9.14. The monoisotopic (exact) mass is 186 g/mol. The molecular weight excluding hydrogens is 176 g/mol. The van der Waals surface area contributed by atoms with E-state index < -0.39 is 11.1 Å². The van der Waals surface area contributed by atoms with Crippen molar-refractivity contribution in [1.29, 1.82) is 0 Å². The van der Waals surface area contributed by atoms with E-state index in [4.69, 9.17) is 0 Å². The molecule has 0 bridgehead atoms. The van der Waals surface area contributed by atoms with Crippen LogP contribution >= 0.6 is 12.6 Å². The molecule has 0 unspecified atom stereocenters. The Morgan fingerprint density at radius 2 is 2.00 bits per heavy atom. The van der Waals surface area contributed by atoms with Crippen LogP contribution in [0.4, 0.5) is 0 Å². The quantitative estimate of drug-likeness (QED) is 0.499. The van der Waals surface area contributed by atoms with E-state index in [2.05, 4.69) is 12.6 Å². The lowest BCUT2D eigenvalue weighted by Gasteiger charge is -2.02. The lowest BCUT2D eigenvalue weighted by molar-refractivity contribution is 0.681. The Kier molecular flexibility index (Phi) is 2.75. The van der Waals surface area contributed by atoms with Gasteiger partial charge in [-0.05, 0) is 0 Å². The number of hydrogen-bond acceptors (Lipinski definition) is 3. The van der Waals surface area contributed by atoms with Gasteiger partial charge in [0.2, 0.25) is 0 Å². The molecule has 12 heavy (non-hydrogen) atoms. The minimum atomic E-state index is -0.501. The van der Waals surface area contributed by atoms with Crippen molar-refractivity contribution >= 4 is 12.6 Å². The van der Waals surface area contributed by atoms with Gasteiger partial charge in [-0.15, -0.1) is 0 Å². The highest BCUT2D eigenvalue weighted by atomic mass is 32.1. The van der Waals surface area contributed by atoms with Gasteiger partial charge in [-0.3, -0.25) is 9.59 Å². The van der Waals surface area contributed by atoms with Crippen LogP contribution in [0, 0.1) is 0 Å². The summed E-state index contributed by atoms with van der Waals surface area (Å²) in [6, 6.07) is 0. The summed E-state index contributed by atoms with van der Waals surface area (Å²) in [5.74, 6) is 0.549. The molecule has 0 saturated carbocycles. The van der Waals surface area contributed by atoms with E-state index in [0.717, 1.165) is 0 Å². The van der Waals surface area contributed by atoms with Crippen LogP contribution in [-0.4, -0.2) is 14.9 Å². The van der Waals surface area contributed by atoms with Gasteiger partial charge >= 0.3 is 11.1 Å². The van der Waals surface area contributed by atoms with Crippen LogP contribution < -0.4 is 11.1 Å². The van der Waals surface area contributed by atoms with Crippen LogP contribution in [0.3, 0.4) is 0 Å². The summed E-state index contributed by atoms with van der Waals surface area (Å²) in [7, 11) is 1.55. The second-order valence-electron chi connectivity index (χ2n) is 2.44. The van der Waals surface area contributed by atoms with Crippen molar-refractivity contribution in [3.05, 3.63) is 33.1 Å². The Morgan fingerprint density at radius 3 is 2.58 bits per heavy atom. The third-order valence-electron chi connectivity index (χ3n) is 1.58. The molecule has 1 heterocycles. The predicted molar refractivity (Wildman–Crippen MR) is 49.8 cm³/mol. The third kappa shape index (κ3) is 1.61. The fraction of sp³-hybridized carbons (Fsp3) is 0.429. The molecule has 0 radical (unpaired) electrons. The van der Waals surface area contributed by atoms with Gasteiger partial charge in [-0.25, -0.2) is 0 Å². The highest BCUT2D eigenvalue weighted by Gasteiger charge is 1.99. The maximum atomic E-state index is 11.2. The Hall–Kier alpha value is -0.970. The van der Waals surface area contributed by atoms with Crippen LogP contribution in [0.25, 0.3) is 0 Å². The molecule has 0 saturated heterocycles. The molecule has 0 N–H and O–H groups in total. The minimum absolute atomic E-state index is 0.470. The number of hydrogen-bond donors (Lipinski definition) is 1. The second kappa shape index (κ2) is 3.62. The van der Waals surface area contributed by atoms with Crippen molar-refractivity contribution in [3.63, 3.8) is 0 Å². The van der Waals surface area contributed by atoms with E-state index in [1.54, 1.807) is 19.4 Å². The third-order valence-corrected chi connectivity index (χ3v) is 1.78. The number of nitrogens with zero attached hydrogens (tertiary/aromatic N) is 2. The number of thiol groups is 1. The normalized spacial score (nSPS) is 10.2. The number of aromatic nitrogens is 2. The molecule has 1 rings (SSSR count). The summed E-state index contributed by atoms with van der Waals surface area (Å²) in [6.07, 6.45) is 3.15. The molecule has 0 aliphatic rings. The first-order chi connectivity index (χ1) is 5.66. The maximum absolute atomic E-state index is 11.2. The van der Waals surface area contributed by atoms with Gasteiger partial charge in [-0.2, -0.15) is 12.6 Å². The summed E-state index contributed by atoms with van der Waals surface area (Å²) in [5.41, 5.74) is -0.992. The van der Waals surface area contributed by atoms with E-state index in [1.165, 1.54) is 9.13 Å². The molecule has 1 aromatic heterocycles. The van der Waals surface area contributed by atoms with Crippen molar-refractivity contribution in [2.24, 2.45) is 7.05 Å². The molecule has 0 atom stereocenters. The van der Waals surface area contributed by atoms with E-state index in [0.29, 0.717) is 12.3 Å². The number of aryl methyl sites for hydroxylation is 2. The predicted octanol–water partition coefficient (Wildman–Crippen LogP) is -0.523. The molecule has 5 heteroatoms. The molecule has 1 aromatic rings. The smallest absolute Gasteiger partial charge is 0.312 e. The summed E-state index contributed by atoms with van der Waals surface area (Å²) in [4.78, 5) is 22.2. The molecule has 66 valence electrons. The number of rotatable bonds is 2. The molecular formula is C7H10N2O2S. The fourth-order valence-electron chi connectivity index (χ4n) is 0.873. The van der Waals surface area contributed by atoms with Gasteiger partial charge in [0.05, 0.1) is 0 Å². The average molecular weight is 186 g/mol. The Balaban J connectivity index is 3.28. The van der Waals surface area contributed by atoms with E-state index in [9.17, 15) is 9.59 Å². The molecule has 0 amide bonds. The van der Waals surface area contributed by atoms with Gasteiger partial charge in [0, 0.05) is 31.7 Å². The molecule has 4 nitrogen and oxygen atoms in total. The van der Waals surface area contributed by atoms with Crippen LogP contribution in [0.5, 0.6) is 0 Å². The van der Waals surface area contributed by atoms with Gasteiger partial charge < -0.3 is 9.13 Å². The molecule has 0 fully saturated rings. The fourth-order valence-corrected chi connectivity index (χ4v) is 1.09. The summed E-state index contributed by atoms with van der Waals surface area (Å²) in [5, 5.41) is 0. The first-order valence-corrected chi connectivity index (χ1v) is 4.17. The van der Waals surface area contributed by atoms with Crippen LogP contribution in [-0.2, 0) is 13.6 Å². The first kappa shape index (κ1) is 9.12. The van der Waals surface area contributed by atoms with Gasteiger partial charge in [-0.1, -0.05) is 0 Å². The van der Waals surface area contributed by atoms with Crippen molar-refractivity contribution in [1.82, 2.24) is 9.13 Å². The van der Waals surface area contributed by atoms with E-state index >= 15 is 0 Å². The van der Waals surface area contributed by atoms with E-state index in [1.807, 2.05) is 0 Å². The zero-order valence-corrected chi connectivity index (χ0v) is 7.62. The SMILES string of the molecule is Cn1ccn(CCS)c(=O)c1=O. The average Bonchev–Trinajstić information content (AvgIpc) is 2.07. The minimum Gasteiger partial charge on any atom is -0.312 e. The van der Waals surface area contributed by atoms with Crippen molar-refractivity contribution in [2.45, 2.75) is 6.54 Å². The second-order valence-corrected chi connectivity index (χ2v) is 2.88. The summed E-state index contributed by atoms with van der Waals surface area (Å²) < 4.78 is 2.62. The highest BCUT2D eigenvalue weighted by molar-refractivity contribution is 7.80. The van der Waals surface area contributed by atoms with Crippen molar-refractivity contribution in [2.75, 3.05) is 5.75 Å². The molecule has 0 spiro atoms. The lowest BCUT2D eigenvalue weighted by atomic mass is 10.6. The highest BCUT2D eigenvalue weighted by Crippen LogP contribution is 1.80. The molecule has 0 aromatic carbocycles. The lowest BCUT2D eigenvalue weighted by Crippen LogP contribution is -2.39. The summed E-state index contributed by atoms with van der Waals surface area (Å²) >= 11 is 3.97. The largest absolute Gasteiger partial charge is 0.316 e. The topological polar surface area (TPSA) is 44.0 Å². The van der Waals surface area contributed by atoms with Crippen LogP contribution in [0.2, 0.25) is 0 Å². The summed E-state index contributed by atoms with van der Waals surface area (Å²) in [6.45, 7) is 0.470. The van der Waals surface area contributed by atoms with Crippen LogP contribution in [0.1, 0.15) is 0 Å². The van der Waals surface area contributed by atoms with Gasteiger partial charge in [0.25, 0.3) is 0 Å². The van der Waals surface area contributed by atoms with Gasteiger partial charge in [0.15, 0.2) is 0 Å². The van der Waals surface area contributed by atoms with E-state index in [-0.39, 0.29) is 0 Å². The van der Waals surface area contributed by atoms with Crippen molar-refractivity contribution < 1.29 is 0 Å². The maximum Gasteiger partial charge on any atom is 0.316 e. The van der Waals surface area contributed by atoms with Gasteiger partial charge in [0.1, 0.15) is 0 Å². The zero-order valence-electron chi connectivity index (χ0n) is 6.73. The molecule has 0 aliphatic heterocycles. The first-order valence-electron chi connectivity index (χ1n) is 3.53. The Bertz CT molecular complexity index is 380. The standard InChI is InChI=1S/C7H10N2O2S/c1-8-2-3-9(4-5-12)7(11)6(8)10/h2-3,12H,4-5H2,1H3. The van der Waals surface area contributed by atoms with Crippen molar-refractivity contribution in [3.8, 4) is 0 Å². The molecule has 0 aliphatic carbocycles. The Morgan fingerprint density at radius 1 is 1.33 bits per heavy atom. The Labute approximate surface area is 74.9 Å². The van der Waals surface area contributed by atoms with Crippen LogP contribution in [0.15, 0.2) is 22.0 Å².